The van der Waals surface area contributed by atoms with Crippen molar-refractivity contribution in [2.45, 2.75) is 12.5 Å². The molecule has 0 radical (unpaired) electrons. The van der Waals surface area contributed by atoms with Gasteiger partial charge in [-0.15, -0.1) is 6.58 Å². The molecule has 0 atom stereocenters. The molecule has 0 aliphatic heterocycles. The third-order valence-corrected chi connectivity index (χ3v) is 1.64. The lowest BCUT2D eigenvalue weighted by Crippen LogP contribution is -2.33. The Balaban J connectivity index is 3.24. The quantitative estimate of drug-likeness (QED) is 0.359. The monoisotopic (exact) mass is 134 g/mol. The van der Waals surface area contributed by atoms with E-state index in [9.17, 15) is 0 Å². The van der Waals surface area contributed by atoms with Crippen LogP contribution in [0.5, 0.6) is 0 Å². The molecular formula is C4H10O3Si. The molecule has 3 nitrogen and oxygen atoms in total. The van der Waals surface area contributed by atoms with Gasteiger partial charge in [0.15, 0.2) is 0 Å². The van der Waals surface area contributed by atoms with Gasteiger partial charge in [-0.05, 0) is 6.42 Å². The summed E-state index contributed by atoms with van der Waals surface area (Å²) < 4.78 is 0. The van der Waals surface area contributed by atoms with E-state index in [4.69, 9.17) is 14.4 Å². The van der Waals surface area contributed by atoms with E-state index in [-0.39, 0.29) is 6.04 Å². The van der Waals surface area contributed by atoms with E-state index < -0.39 is 8.80 Å². The van der Waals surface area contributed by atoms with Crippen LogP contribution in [0.1, 0.15) is 6.42 Å². The summed E-state index contributed by atoms with van der Waals surface area (Å²) in [6.07, 6.45) is 1.99. The van der Waals surface area contributed by atoms with Gasteiger partial charge >= 0.3 is 8.80 Å². The highest BCUT2D eigenvalue weighted by Crippen LogP contribution is 1.99. The highest BCUT2D eigenvalue weighted by atomic mass is 28.4. The van der Waals surface area contributed by atoms with Gasteiger partial charge in [0.2, 0.25) is 0 Å². The molecule has 0 heterocycles. The Bertz CT molecular complexity index is 75.8. The first-order valence-electron chi connectivity index (χ1n) is 2.34. The lowest BCUT2D eigenvalue weighted by molar-refractivity contribution is 0.228. The Labute approximate surface area is 49.3 Å². The molecule has 8 heavy (non-hydrogen) atoms. The molecule has 48 valence electrons. The molecule has 0 fully saturated rings. The van der Waals surface area contributed by atoms with Gasteiger partial charge in [-0.25, -0.2) is 0 Å². The highest BCUT2D eigenvalue weighted by Gasteiger charge is 2.24. The maximum absolute atomic E-state index is 8.35. The van der Waals surface area contributed by atoms with Crippen molar-refractivity contribution in [3.8, 4) is 0 Å². The van der Waals surface area contributed by atoms with E-state index in [0.29, 0.717) is 6.42 Å². The van der Waals surface area contributed by atoms with Gasteiger partial charge in [0.25, 0.3) is 0 Å². The molecule has 4 heteroatoms. The Morgan fingerprint density at radius 1 is 1.38 bits per heavy atom. The summed E-state index contributed by atoms with van der Waals surface area (Å²) >= 11 is 0. The molecular weight excluding hydrogens is 124 g/mol. The highest BCUT2D eigenvalue weighted by molar-refractivity contribution is 6.56. The molecule has 0 aliphatic rings. The Kier molecular flexibility index (Phi) is 2.92. The maximum Gasteiger partial charge on any atom is 0.493 e. The van der Waals surface area contributed by atoms with Crippen LogP contribution in [0.3, 0.4) is 0 Å². The van der Waals surface area contributed by atoms with Gasteiger partial charge in [-0.2, -0.15) is 0 Å². The molecule has 0 bridgehead atoms. The Hall–Kier alpha value is -0.163. The van der Waals surface area contributed by atoms with Crippen LogP contribution in [0, 0.1) is 0 Å². The van der Waals surface area contributed by atoms with Gasteiger partial charge in [-0.1, -0.05) is 6.08 Å². The van der Waals surface area contributed by atoms with Crippen molar-refractivity contribution in [3.05, 3.63) is 12.7 Å². The largest absolute Gasteiger partial charge is 0.493 e. The Morgan fingerprint density at radius 2 is 1.88 bits per heavy atom. The van der Waals surface area contributed by atoms with Gasteiger partial charge < -0.3 is 14.4 Å². The van der Waals surface area contributed by atoms with E-state index in [0.717, 1.165) is 0 Å². The number of allylic oxidation sites excluding steroid dienone is 1. The number of hydrogen-bond donors (Lipinski definition) is 3. The fourth-order valence-electron chi connectivity index (χ4n) is 0.296. The summed E-state index contributed by atoms with van der Waals surface area (Å²) in [7, 11) is -3.75. The van der Waals surface area contributed by atoms with E-state index >= 15 is 0 Å². The standard InChI is InChI=1S/C4H10O3Si/c1-2-3-4-8(5,6)7/h2,5-7H,1,3-4H2. The molecule has 0 unspecified atom stereocenters. The van der Waals surface area contributed by atoms with Crippen molar-refractivity contribution in [2.24, 2.45) is 0 Å². The minimum Gasteiger partial charge on any atom is -0.390 e. The van der Waals surface area contributed by atoms with Crippen LogP contribution in [0.2, 0.25) is 6.04 Å². The second kappa shape index (κ2) is 2.98. The van der Waals surface area contributed by atoms with Crippen molar-refractivity contribution in [3.63, 3.8) is 0 Å². The minimum atomic E-state index is -3.75. The minimum absolute atomic E-state index is 0.0521. The van der Waals surface area contributed by atoms with Crippen LogP contribution < -0.4 is 0 Å². The van der Waals surface area contributed by atoms with Crippen molar-refractivity contribution in [1.82, 2.24) is 0 Å². The first kappa shape index (κ1) is 7.84. The normalized spacial score (nSPS) is 11.4. The molecule has 0 aromatic carbocycles. The predicted molar refractivity (Wildman–Crippen MR) is 32.0 cm³/mol. The van der Waals surface area contributed by atoms with Crippen LogP contribution in [0.25, 0.3) is 0 Å². The summed E-state index contributed by atoms with van der Waals surface area (Å²) in [4.78, 5) is 25.1. The molecule has 3 N–H and O–H groups in total. The third-order valence-electron chi connectivity index (χ3n) is 0.684. The second-order valence-electron chi connectivity index (χ2n) is 1.60. The van der Waals surface area contributed by atoms with E-state index in [1.165, 1.54) is 6.08 Å². The zero-order chi connectivity index (χ0) is 6.62. The summed E-state index contributed by atoms with van der Waals surface area (Å²) in [6.45, 7) is 3.35. The first-order chi connectivity index (χ1) is 3.56. The zero-order valence-electron chi connectivity index (χ0n) is 4.54. The van der Waals surface area contributed by atoms with Crippen LogP contribution >= 0.6 is 0 Å². The summed E-state index contributed by atoms with van der Waals surface area (Å²) in [6, 6.07) is 0.0521. The molecule has 0 amide bonds. The first-order valence-corrected chi connectivity index (χ1v) is 4.39. The maximum atomic E-state index is 8.35. The molecule has 0 saturated carbocycles. The van der Waals surface area contributed by atoms with E-state index in [1.54, 1.807) is 0 Å². The topological polar surface area (TPSA) is 60.7 Å². The van der Waals surface area contributed by atoms with Crippen LogP contribution in [0.15, 0.2) is 12.7 Å². The fraction of sp³-hybridized carbons (Fsp3) is 0.500. The summed E-state index contributed by atoms with van der Waals surface area (Å²) in [5.41, 5.74) is 0. The smallest absolute Gasteiger partial charge is 0.390 e. The fourth-order valence-corrected chi connectivity index (χ4v) is 0.887. The van der Waals surface area contributed by atoms with Gasteiger partial charge in [-0.3, -0.25) is 0 Å². The SMILES string of the molecule is C=CCC[Si](O)(O)O. The van der Waals surface area contributed by atoms with Crippen LogP contribution in [0.4, 0.5) is 0 Å². The van der Waals surface area contributed by atoms with Crippen molar-refractivity contribution in [2.75, 3.05) is 0 Å². The Morgan fingerprint density at radius 3 is 2.00 bits per heavy atom. The molecule has 0 spiro atoms. The molecule has 0 saturated heterocycles. The van der Waals surface area contributed by atoms with Crippen molar-refractivity contribution < 1.29 is 14.4 Å². The van der Waals surface area contributed by atoms with E-state index in [2.05, 4.69) is 6.58 Å². The lowest BCUT2D eigenvalue weighted by atomic mass is 10.5. The molecule has 0 aromatic heterocycles. The predicted octanol–water partition coefficient (Wildman–Crippen LogP) is -0.522. The van der Waals surface area contributed by atoms with Crippen LogP contribution in [-0.4, -0.2) is 23.2 Å². The van der Waals surface area contributed by atoms with E-state index in [1.807, 2.05) is 0 Å². The van der Waals surface area contributed by atoms with Crippen LogP contribution in [-0.2, 0) is 0 Å². The lowest BCUT2D eigenvalue weighted by Gasteiger charge is -2.05. The number of hydrogen-bond acceptors (Lipinski definition) is 3. The van der Waals surface area contributed by atoms with Crippen molar-refractivity contribution in [1.29, 1.82) is 0 Å². The number of rotatable bonds is 3. The third kappa shape index (κ3) is 5.84. The second-order valence-corrected chi connectivity index (χ2v) is 3.65. The van der Waals surface area contributed by atoms with Gasteiger partial charge in [0.1, 0.15) is 0 Å². The van der Waals surface area contributed by atoms with Gasteiger partial charge in [0.05, 0.1) is 0 Å². The summed E-state index contributed by atoms with van der Waals surface area (Å²) in [5, 5.41) is 0. The van der Waals surface area contributed by atoms with Crippen molar-refractivity contribution >= 4 is 8.80 Å². The average Bonchev–Trinajstić information content (AvgIpc) is 1.59. The molecule has 0 aliphatic carbocycles. The molecule has 0 rings (SSSR count). The average molecular weight is 134 g/mol. The zero-order valence-corrected chi connectivity index (χ0v) is 5.54. The molecule has 0 aromatic rings. The van der Waals surface area contributed by atoms with Gasteiger partial charge in [0, 0.05) is 6.04 Å². The summed E-state index contributed by atoms with van der Waals surface area (Å²) in [5.74, 6) is 0.